The lowest BCUT2D eigenvalue weighted by Gasteiger charge is -2.34. The van der Waals surface area contributed by atoms with Gasteiger partial charge >= 0.3 is 11.7 Å². The molecule has 11 heteroatoms. The third-order valence-corrected chi connectivity index (χ3v) is 6.40. The van der Waals surface area contributed by atoms with Crippen molar-refractivity contribution in [1.82, 2.24) is 4.98 Å². The number of primary amides is 1. The number of aromatic nitrogens is 1. The number of benzene rings is 1. The molecule has 2 amide bonds. The number of aliphatic hydroxyl groups is 1. The summed E-state index contributed by atoms with van der Waals surface area (Å²) in [6.07, 6.45) is 2.48. The van der Waals surface area contributed by atoms with E-state index >= 15 is 0 Å². The number of anilines is 2. The number of pyridine rings is 1. The molecule has 2 aliphatic rings. The highest BCUT2D eigenvalue weighted by Crippen LogP contribution is 2.40. The van der Waals surface area contributed by atoms with Gasteiger partial charge in [0.05, 0.1) is 17.1 Å². The van der Waals surface area contributed by atoms with Crippen LogP contribution in [0, 0.1) is 21.7 Å². The fraction of sp³-hybridized carbons (Fsp3) is 0.455. The molecule has 0 radical (unpaired) electrons. The molecule has 0 spiro atoms. The summed E-state index contributed by atoms with van der Waals surface area (Å²) in [5.41, 5.74) is 5.42. The number of nitrogens with two attached hydrogens (primary N) is 1. The van der Waals surface area contributed by atoms with Crippen molar-refractivity contribution in [3.63, 3.8) is 0 Å². The van der Waals surface area contributed by atoms with Crippen molar-refractivity contribution in [2.45, 2.75) is 56.7 Å². The van der Waals surface area contributed by atoms with Crippen LogP contribution in [0.25, 0.3) is 0 Å². The van der Waals surface area contributed by atoms with Gasteiger partial charge in [0.2, 0.25) is 5.82 Å². The number of carbonyl (C=O) groups excluding carboxylic acids is 1. The van der Waals surface area contributed by atoms with Crippen molar-refractivity contribution < 1.29 is 23.6 Å². The van der Waals surface area contributed by atoms with Gasteiger partial charge in [-0.05, 0) is 62.8 Å². The Morgan fingerprint density at radius 1 is 1.18 bits per heavy atom. The molecule has 0 bridgehead atoms. The largest absolute Gasteiger partial charge is 0.393 e. The number of urea groups is 1. The van der Waals surface area contributed by atoms with E-state index in [2.05, 4.69) is 4.98 Å². The van der Waals surface area contributed by atoms with Crippen LogP contribution in [-0.2, 0) is 0 Å². The van der Waals surface area contributed by atoms with Crippen molar-refractivity contribution >= 4 is 23.4 Å². The van der Waals surface area contributed by atoms with Crippen LogP contribution in [0.5, 0.6) is 0 Å². The Hall–Kier alpha value is -3.34. The first-order chi connectivity index (χ1) is 15.8. The minimum atomic E-state index is -0.877. The minimum absolute atomic E-state index is 0.183. The van der Waals surface area contributed by atoms with E-state index in [1.54, 1.807) is 4.90 Å². The van der Waals surface area contributed by atoms with E-state index in [1.165, 1.54) is 12.1 Å². The summed E-state index contributed by atoms with van der Waals surface area (Å²) >= 11 is 0. The van der Waals surface area contributed by atoms with Gasteiger partial charge in [0.25, 0.3) is 0 Å². The van der Waals surface area contributed by atoms with Crippen LogP contribution in [-0.4, -0.2) is 39.7 Å². The molecule has 1 saturated carbocycles. The standard InChI is InChI=1S/C22H25F2N5O4/c23-13-3-8-17(24)16(12-13)18-2-1-11-27(18)20-10-9-19(29(32)33)21(26-20)28(22(25)31)14-4-6-15(30)7-5-14/h3,8-10,12,14-15,18,30H,1-2,4-7,11H2,(H2,25,31)/t14?,15?,18-/m1/s1. The average molecular weight is 461 g/mol. The summed E-state index contributed by atoms with van der Waals surface area (Å²) in [5.74, 6) is -0.981. The van der Waals surface area contributed by atoms with E-state index in [9.17, 15) is 28.8 Å². The molecule has 2 fully saturated rings. The molecule has 4 rings (SSSR count). The second-order valence-electron chi connectivity index (χ2n) is 8.46. The summed E-state index contributed by atoms with van der Waals surface area (Å²) in [6, 6.07) is 4.14. The zero-order valence-electron chi connectivity index (χ0n) is 17.9. The summed E-state index contributed by atoms with van der Waals surface area (Å²) in [4.78, 5) is 30.8. The molecule has 1 saturated heterocycles. The number of carbonyl (C=O) groups is 1. The summed E-state index contributed by atoms with van der Waals surface area (Å²) < 4.78 is 28.3. The molecule has 1 aromatic carbocycles. The normalized spacial score (nSPS) is 22.9. The molecule has 1 aromatic heterocycles. The van der Waals surface area contributed by atoms with Crippen molar-refractivity contribution in [3.05, 3.63) is 57.6 Å². The van der Waals surface area contributed by atoms with Gasteiger partial charge in [0.1, 0.15) is 17.5 Å². The van der Waals surface area contributed by atoms with E-state index in [1.807, 2.05) is 0 Å². The summed E-state index contributed by atoms with van der Waals surface area (Å²) in [7, 11) is 0. The van der Waals surface area contributed by atoms with E-state index in [0.29, 0.717) is 50.9 Å². The Labute approximate surface area is 189 Å². The third-order valence-electron chi connectivity index (χ3n) is 6.40. The van der Waals surface area contributed by atoms with Crippen LogP contribution >= 0.6 is 0 Å². The first-order valence-corrected chi connectivity index (χ1v) is 10.9. The molecule has 176 valence electrons. The van der Waals surface area contributed by atoms with Crippen LogP contribution in [0.15, 0.2) is 30.3 Å². The first-order valence-electron chi connectivity index (χ1n) is 10.9. The third kappa shape index (κ3) is 4.58. The number of nitrogens with zero attached hydrogens (tertiary/aromatic N) is 4. The highest BCUT2D eigenvalue weighted by atomic mass is 19.1. The molecule has 1 aliphatic heterocycles. The van der Waals surface area contributed by atoms with Gasteiger partial charge in [0.15, 0.2) is 0 Å². The van der Waals surface area contributed by atoms with Crippen LogP contribution in [0.4, 0.5) is 30.9 Å². The number of aliphatic hydroxyl groups excluding tert-OH is 1. The topological polar surface area (TPSA) is 126 Å². The molecule has 0 unspecified atom stereocenters. The predicted octanol–water partition coefficient (Wildman–Crippen LogP) is 3.80. The number of hydrogen-bond donors (Lipinski definition) is 2. The number of nitro groups is 1. The molecule has 1 aliphatic carbocycles. The molecular weight excluding hydrogens is 436 g/mol. The Morgan fingerprint density at radius 2 is 1.91 bits per heavy atom. The van der Waals surface area contributed by atoms with Gasteiger partial charge in [-0.2, -0.15) is 0 Å². The smallest absolute Gasteiger partial charge is 0.320 e. The number of rotatable bonds is 5. The maximum Gasteiger partial charge on any atom is 0.320 e. The molecular formula is C22H25F2N5O4. The maximum absolute atomic E-state index is 14.5. The van der Waals surface area contributed by atoms with Gasteiger partial charge in [0, 0.05) is 24.2 Å². The minimum Gasteiger partial charge on any atom is -0.393 e. The molecule has 9 nitrogen and oxygen atoms in total. The Kier molecular flexibility index (Phi) is 6.41. The highest BCUT2D eigenvalue weighted by Gasteiger charge is 2.36. The molecule has 3 N–H and O–H groups in total. The molecule has 33 heavy (non-hydrogen) atoms. The lowest BCUT2D eigenvalue weighted by molar-refractivity contribution is -0.384. The van der Waals surface area contributed by atoms with Gasteiger partial charge < -0.3 is 15.7 Å². The second kappa shape index (κ2) is 9.26. The van der Waals surface area contributed by atoms with Gasteiger partial charge in [-0.3, -0.25) is 15.0 Å². The number of hydrogen-bond acceptors (Lipinski definition) is 6. The first kappa shape index (κ1) is 22.8. The van der Waals surface area contributed by atoms with Crippen LogP contribution < -0.4 is 15.5 Å². The van der Waals surface area contributed by atoms with Gasteiger partial charge in [-0.25, -0.2) is 18.6 Å². The molecule has 1 atom stereocenters. The molecule has 2 heterocycles. The zero-order chi connectivity index (χ0) is 23.7. The fourth-order valence-electron chi connectivity index (χ4n) is 4.82. The lowest BCUT2D eigenvalue weighted by Crippen LogP contribution is -2.47. The highest BCUT2D eigenvalue weighted by molar-refractivity contribution is 5.93. The van der Waals surface area contributed by atoms with Crippen molar-refractivity contribution in [2.75, 3.05) is 16.3 Å². The van der Waals surface area contributed by atoms with Crippen molar-refractivity contribution in [2.24, 2.45) is 5.73 Å². The van der Waals surface area contributed by atoms with Crippen molar-refractivity contribution in [3.8, 4) is 0 Å². The zero-order valence-corrected chi connectivity index (χ0v) is 17.9. The summed E-state index contributed by atoms with van der Waals surface area (Å²) in [6.45, 7) is 0.483. The number of halogens is 2. The summed E-state index contributed by atoms with van der Waals surface area (Å²) in [5, 5.41) is 21.5. The Morgan fingerprint density at radius 3 is 2.58 bits per heavy atom. The average Bonchev–Trinajstić information content (AvgIpc) is 3.26. The molecule has 2 aromatic rings. The Balaban J connectivity index is 1.74. The van der Waals surface area contributed by atoms with E-state index in [4.69, 9.17) is 5.73 Å². The van der Waals surface area contributed by atoms with Crippen LogP contribution in [0.1, 0.15) is 50.1 Å². The predicted molar refractivity (Wildman–Crippen MR) is 117 cm³/mol. The van der Waals surface area contributed by atoms with Gasteiger partial charge in [-0.15, -0.1) is 0 Å². The van der Waals surface area contributed by atoms with Crippen LogP contribution in [0.2, 0.25) is 0 Å². The SMILES string of the molecule is NC(=O)N(c1nc(N2CCC[C@@H]2c2cc(F)ccc2F)ccc1[N+](=O)[O-])C1CCC(O)CC1. The van der Waals surface area contributed by atoms with E-state index in [-0.39, 0.29) is 17.1 Å². The maximum atomic E-state index is 14.5. The monoisotopic (exact) mass is 461 g/mol. The Bertz CT molecular complexity index is 1060. The second-order valence-corrected chi connectivity index (χ2v) is 8.46. The van der Waals surface area contributed by atoms with Crippen molar-refractivity contribution in [1.29, 1.82) is 0 Å². The quantitative estimate of drug-likeness (QED) is 0.515. The van der Waals surface area contributed by atoms with E-state index in [0.717, 1.165) is 23.1 Å². The van der Waals surface area contributed by atoms with Crippen LogP contribution in [0.3, 0.4) is 0 Å². The fourth-order valence-corrected chi connectivity index (χ4v) is 4.82. The van der Waals surface area contributed by atoms with E-state index < -0.39 is 40.8 Å². The number of amides is 2. The lowest BCUT2D eigenvalue weighted by atomic mass is 9.92. The van der Waals surface area contributed by atoms with Gasteiger partial charge in [-0.1, -0.05) is 0 Å².